The van der Waals surface area contributed by atoms with Crippen molar-refractivity contribution in [1.29, 1.82) is 0 Å². The van der Waals surface area contributed by atoms with Gasteiger partial charge in [0, 0.05) is 0 Å². The number of ether oxygens (including phenoxy) is 1. The first-order valence-electron chi connectivity index (χ1n) is 6.10. The van der Waals surface area contributed by atoms with Gasteiger partial charge in [-0.05, 0) is 41.4 Å². The molecule has 0 spiro atoms. The van der Waals surface area contributed by atoms with E-state index < -0.39 is 0 Å². The van der Waals surface area contributed by atoms with Crippen molar-refractivity contribution in [3.8, 4) is 16.5 Å². The summed E-state index contributed by atoms with van der Waals surface area (Å²) in [6.07, 6.45) is 0. The molecule has 4 nitrogen and oxygen atoms in total. The summed E-state index contributed by atoms with van der Waals surface area (Å²) in [5, 5.41) is 9.22. The Morgan fingerprint density at radius 1 is 1.30 bits per heavy atom. The van der Waals surface area contributed by atoms with E-state index in [9.17, 15) is 0 Å². The fourth-order valence-corrected chi connectivity index (χ4v) is 2.89. The zero-order valence-corrected chi connectivity index (χ0v) is 12.5. The first-order valence-corrected chi connectivity index (χ1v) is 7.39. The molecule has 0 aliphatic carbocycles. The number of nitrogens with zero attached hydrogens (tertiary/aromatic N) is 2. The predicted octanol–water partition coefficient (Wildman–Crippen LogP) is 3.73. The minimum Gasteiger partial charge on any atom is -0.497 e. The van der Waals surface area contributed by atoms with Gasteiger partial charge in [-0.1, -0.05) is 18.2 Å². The molecule has 1 aromatic carbocycles. The summed E-state index contributed by atoms with van der Waals surface area (Å²) in [4.78, 5) is 1.10. The quantitative estimate of drug-likeness (QED) is 0.747. The molecule has 0 atom stereocenters. The predicted molar refractivity (Wildman–Crippen MR) is 82.8 cm³/mol. The summed E-state index contributed by atoms with van der Waals surface area (Å²) in [6.45, 7) is 0.687. The van der Waals surface area contributed by atoms with Crippen LogP contribution >= 0.6 is 23.6 Å². The Hall–Kier alpha value is -1.92. The monoisotopic (exact) mass is 303 g/mol. The van der Waals surface area contributed by atoms with E-state index >= 15 is 0 Å². The van der Waals surface area contributed by atoms with Crippen molar-refractivity contribution < 1.29 is 4.74 Å². The van der Waals surface area contributed by atoms with Crippen molar-refractivity contribution in [3.63, 3.8) is 0 Å². The van der Waals surface area contributed by atoms with Crippen LogP contribution in [0.1, 0.15) is 5.56 Å². The maximum absolute atomic E-state index is 5.32. The van der Waals surface area contributed by atoms with Crippen molar-refractivity contribution >= 4 is 23.6 Å². The first kappa shape index (κ1) is 13.1. The summed E-state index contributed by atoms with van der Waals surface area (Å²) in [5.41, 5.74) is 1.15. The second kappa shape index (κ2) is 5.60. The van der Waals surface area contributed by atoms with Crippen LogP contribution in [0.25, 0.3) is 10.7 Å². The maximum Gasteiger partial charge on any atom is 0.195 e. The fraction of sp³-hybridized carbons (Fsp3) is 0.143. The van der Waals surface area contributed by atoms with E-state index in [0.29, 0.717) is 11.3 Å². The molecule has 102 valence electrons. The molecule has 0 aliphatic heterocycles. The van der Waals surface area contributed by atoms with E-state index in [1.807, 2.05) is 46.3 Å². The minimum atomic E-state index is 0.629. The molecule has 0 bridgehead atoms. The van der Waals surface area contributed by atoms with Gasteiger partial charge in [0.25, 0.3) is 0 Å². The summed E-state index contributed by atoms with van der Waals surface area (Å²) in [5.74, 6) is 1.73. The highest BCUT2D eigenvalue weighted by molar-refractivity contribution is 7.71. The number of benzene rings is 1. The molecule has 0 saturated heterocycles. The van der Waals surface area contributed by atoms with Crippen LogP contribution in [0.3, 0.4) is 0 Å². The van der Waals surface area contributed by atoms with Gasteiger partial charge in [0.2, 0.25) is 0 Å². The van der Waals surface area contributed by atoms with Gasteiger partial charge in [0.1, 0.15) is 5.75 Å². The molecular weight excluding hydrogens is 290 g/mol. The molecule has 3 aromatic rings. The SMILES string of the molecule is COc1ccc(Cn2c(-c3cccs3)n[nH]c2=S)cc1. The standard InChI is InChI=1S/C14H13N3OS2/c1-18-11-6-4-10(5-7-11)9-17-13(15-16-14(17)19)12-3-2-8-20-12/h2-8H,9H2,1H3,(H,16,19). The Bertz CT molecular complexity index is 742. The third-order valence-electron chi connectivity index (χ3n) is 3.00. The van der Waals surface area contributed by atoms with Crippen LogP contribution in [0.2, 0.25) is 0 Å². The Morgan fingerprint density at radius 3 is 2.75 bits per heavy atom. The van der Waals surface area contributed by atoms with E-state index in [2.05, 4.69) is 10.2 Å². The number of nitrogens with one attached hydrogen (secondary N) is 1. The van der Waals surface area contributed by atoms with Crippen LogP contribution in [0.4, 0.5) is 0 Å². The second-order valence-corrected chi connectivity index (χ2v) is 5.60. The summed E-state index contributed by atoms with van der Waals surface area (Å²) >= 11 is 6.97. The number of methoxy groups -OCH3 is 1. The highest BCUT2D eigenvalue weighted by Gasteiger charge is 2.10. The fourth-order valence-electron chi connectivity index (χ4n) is 1.97. The lowest BCUT2D eigenvalue weighted by atomic mass is 10.2. The maximum atomic E-state index is 5.32. The lowest BCUT2D eigenvalue weighted by Crippen LogP contribution is -2.01. The lowest BCUT2D eigenvalue weighted by Gasteiger charge is -2.06. The topological polar surface area (TPSA) is 42.8 Å². The molecule has 0 aliphatic rings. The number of H-pyrrole nitrogens is 1. The van der Waals surface area contributed by atoms with Crippen LogP contribution in [-0.4, -0.2) is 21.9 Å². The van der Waals surface area contributed by atoms with Gasteiger partial charge in [0.05, 0.1) is 18.5 Å². The highest BCUT2D eigenvalue weighted by Crippen LogP contribution is 2.23. The largest absolute Gasteiger partial charge is 0.497 e. The Labute approximate surface area is 125 Å². The molecule has 0 amide bonds. The molecule has 6 heteroatoms. The number of thiophene rings is 1. The van der Waals surface area contributed by atoms with Crippen LogP contribution in [0.5, 0.6) is 5.75 Å². The van der Waals surface area contributed by atoms with E-state index in [4.69, 9.17) is 17.0 Å². The molecule has 20 heavy (non-hydrogen) atoms. The molecule has 0 fully saturated rings. The van der Waals surface area contributed by atoms with Gasteiger partial charge < -0.3 is 4.74 Å². The molecule has 2 heterocycles. The molecule has 3 rings (SSSR count). The number of hydrogen-bond acceptors (Lipinski definition) is 4. The smallest absolute Gasteiger partial charge is 0.195 e. The Kier molecular flexibility index (Phi) is 3.66. The summed E-state index contributed by atoms with van der Waals surface area (Å²) < 4.78 is 7.80. The molecule has 0 saturated carbocycles. The normalized spacial score (nSPS) is 10.7. The minimum absolute atomic E-state index is 0.629. The van der Waals surface area contributed by atoms with Crippen LogP contribution in [0, 0.1) is 4.77 Å². The Balaban J connectivity index is 1.94. The van der Waals surface area contributed by atoms with Crippen molar-refractivity contribution in [2.24, 2.45) is 0 Å². The van der Waals surface area contributed by atoms with Crippen LogP contribution < -0.4 is 4.74 Å². The average Bonchev–Trinajstić information content (AvgIpc) is 3.11. The van der Waals surface area contributed by atoms with Gasteiger partial charge in [-0.15, -0.1) is 11.3 Å². The van der Waals surface area contributed by atoms with Gasteiger partial charge in [-0.25, -0.2) is 0 Å². The molecular formula is C14H13N3OS2. The van der Waals surface area contributed by atoms with Crippen LogP contribution in [-0.2, 0) is 6.54 Å². The number of aromatic amines is 1. The summed E-state index contributed by atoms with van der Waals surface area (Å²) in [6, 6.07) is 12.0. The van der Waals surface area contributed by atoms with Crippen molar-refractivity contribution in [2.45, 2.75) is 6.54 Å². The van der Waals surface area contributed by atoms with E-state index in [0.717, 1.165) is 22.0 Å². The Morgan fingerprint density at radius 2 is 2.10 bits per heavy atom. The third-order valence-corrected chi connectivity index (χ3v) is 4.18. The van der Waals surface area contributed by atoms with Gasteiger partial charge in [0.15, 0.2) is 10.6 Å². The van der Waals surface area contributed by atoms with E-state index in [1.54, 1.807) is 18.4 Å². The van der Waals surface area contributed by atoms with Gasteiger partial charge in [-0.2, -0.15) is 5.10 Å². The average molecular weight is 303 g/mol. The molecule has 2 aromatic heterocycles. The first-order chi connectivity index (χ1) is 9.78. The molecule has 0 radical (unpaired) electrons. The zero-order chi connectivity index (χ0) is 13.9. The van der Waals surface area contributed by atoms with Gasteiger partial charge >= 0.3 is 0 Å². The summed E-state index contributed by atoms with van der Waals surface area (Å²) in [7, 11) is 1.66. The second-order valence-electron chi connectivity index (χ2n) is 4.26. The number of aromatic nitrogens is 3. The van der Waals surface area contributed by atoms with E-state index in [-0.39, 0.29) is 0 Å². The zero-order valence-electron chi connectivity index (χ0n) is 10.9. The number of hydrogen-bond donors (Lipinski definition) is 1. The van der Waals surface area contributed by atoms with Gasteiger partial charge in [-0.3, -0.25) is 9.67 Å². The molecule has 0 unspecified atom stereocenters. The third kappa shape index (κ3) is 2.52. The van der Waals surface area contributed by atoms with Crippen molar-refractivity contribution in [3.05, 3.63) is 52.1 Å². The number of rotatable bonds is 4. The highest BCUT2D eigenvalue weighted by atomic mass is 32.1. The van der Waals surface area contributed by atoms with E-state index in [1.165, 1.54) is 0 Å². The lowest BCUT2D eigenvalue weighted by molar-refractivity contribution is 0.414. The molecule has 1 N–H and O–H groups in total. The van der Waals surface area contributed by atoms with Crippen molar-refractivity contribution in [1.82, 2.24) is 14.8 Å². The van der Waals surface area contributed by atoms with Crippen LogP contribution in [0.15, 0.2) is 41.8 Å². The van der Waals surface area contributed by atoms with Crippen molar-refractivity contribution in [2.75, 3.05) is 7.11 Å².